The number of hydrogen-bond acceptors (Lipinski definition) is 5. The highest BCUT2D eigenvalue weighted by atomic mass is 16.5. The van der Waals surface area contributed by atoms with Crippen LogP contribution in [0.2, 0.25) is 0 Å². The first-order valence-electron chi connectivity index (χ1n) is 7.03. The van der Waals surface area contributed by atoms with Crippen LogP contribution in [0.3, 0.4) is 0 Å². The standard InChI is InChI=1S/C15H17N3O3/c19-14(20)10-18(8-11-6-7-11)9-13-16-15(17-21-13)12-4-2-1-3-5-12/h1-5,11H,6-10H2,(H,19,20). The van der Waals surface area contributed by atoms with Crippen LogP contribution < -0.4 is 0 Å². The first-order chi connectivity index (χ1) is 10.2. The normalized spacial score (nSPS) is 14.5. The van der Waals surface area contributed by atoms with Crippen molar-refractivity contribution in [3.63, 3.8) is 0 Å². The number of hydrogen-bond donors (Lipinski definition) is 1. The summed E-state index contributed by atoms with van der Waals surface area (Å²) in [6.07, 6.45) is 2.35. The van der Waals surface area contributed by atoms with E-state index in [0.29, 0.717) is 24.2 Å². The summed E-state index contributed by atoms with van der Waals surface area (Å²) in [6, 6.07) is 9.57. The summed E-state index contributed by atoms with van der Waals surface area (Å²) in [4.78, 5) is 17.1. The van der Waals surface area contributed by atoms with E-state index < -0.39 is 5.97 Å². The van der Waals surface area contributed by atoms with Crippen LogP contribution in [-0.2, 0) is 11.3 Å². The zero-order valence-corrected chi connectivity index (χ0v) is 11.6. The molecule has 1 aromatic heterocycles. The second-order valence-electron chi connectivity index (χ2n) is 5.38. The van der Waals surface area contributed by atoms with Crippen molar-refractivity contribution in [2.45, 2.75) is 19.4 Å². The van der Waals surface area contributed by atoms with E-state index in [-0.39, 0.29) is 6.54 Å². The number of benzene rings is 1. The molecule has 1 fully saturated rings. The van der Waals surface area contributed by atoms with Crippen molar-refractivity contribution in [1.82, 2.24) is 15.0 Å². The summed E-state index contributed by atoms with van der Waals surface area (Å²) in [6.45, 7) is 1.15. The van der Waals surface area contributed by atoms with Crippen molar-refractivity contribution in [2.75, 3.05) is 13.1 Å². The van der Waals surface area contributed by atoms with E-state index in [4.69, 9.17) is 9.63 Å². The monoisotopic (exact) mass is 287 g/mol. The van der Waals surface area contributed by atoms with Gasteiger partial charge < -0.3 is 9.63 Å². The number of nitrogens with zero attached hydrogens (tertiary/aromatic N) is 3. The lowest BCUT2D eigenvalue weighted by Gasteiger charge is -2.17. The Labute approximate surface area is 122 Å². The third kappa shape index (κ3) is 3.88. The molecule has 6 nitrogen and oxygen atoms in total. The van der Waals surface area contributed by atoms with Crippen LogP contribution in [0.25, 0.3) is 11.4 Å². The zero-order chi connectivity index (χ0) is 14.7. The number of aliphatic carboxylic acids is 1. The number of carboxylic acid groups (broad SMARTS) is 1. The molecular formula is C15H17N3O3. The average molecular weight is 287 g/mol. The minimum atomic E-state index is -0.835. The van der Waals surface area contributed by atoms with Crippen LogP contribution in [0.4, 0.5) is 0 Å². The molecule has 1 aliphatic rings. The Balaban J connectivity index is 1.68. The van der Waals surface area contributed by atoms with Crippen molar-refractivity contribution >= 4 is 5.97 Å². The van der Waals surface area contributed by atoms with Crippen molar-refractivity contribution in [1.29, 1.82) is 0 Å². The second kappa shape index (κ2) is 6.05. The Bertz CT molecular complexity index is 608. The molecular weight excluding hydrogens is 270 g/mol. The third-order valence-corrected chi connectivity index (χ3v) is 3.43. The van der Waals surface area contributed by atoms with Crippen molar-refractivity contribution < 1.29 is 14.4 Å². The SMILES string of the molecule is O=C(O)CN(Cc1nc(-c2ccccc2)no1)CC1CC1. The van der Waals surface area contributed by atoms with Crippen LogP contribution in [0.1, 0.15) is 18.7 Å². The maximum absolute atomic E-state index is 10.9. The molecule has 3 rings (SSSR count). The lowest BCUT2D eigenvalue weighted by molar-refractivity contribution is -0.138. The largest absolute Gasteiger partial charge is 0.480 e. The molecule has 0 saturated heterocycles. The fourth-order valence-corrected chi connectivity index (χ4v) is 2.26. The molecule has 110 valence electrons. The minimum Gasteiger partial charge on any atom is -0.480 e. The predicted octanol–water partition coefficient (Wildman–Crippen LogP) is 2.03. The van der Waals surface area contributed by atoms with Crippen LogP contribution in [-0.4, -0.2) is 39.2 Å². The van der Waals surface area contributed by atoms with E-state index in [1.165, 1.54) is 12.8 Å². The maximum atomic E-state index is 10.9. The number of aromatic nitrogens is 2. The van der Waals surface area contributed by atoms with Gasteiger partial charge in [0.25, 0.3) is 0 Å². The Morgan fingerprint density at radius 3 is 2.76 bits per heavy atom. The highest BCUT2D eigenvalue weighted by Crippen LogP contribution is 2.30. The summed E-state index contributed by atoms with van der Waals surface area (Å²) >= 11 is 0. The van der Waals surface area contributed by atoms with Crippen molar-refractivity contribution in [3.8, 4) is 11.4 Å². The molecule has 0 spiro atoms. The van der Waals surface area contributed by atoms with Gasteiger partial charge in [-0.05, 0) is 18.8 Å². The highest BCUT2D eigenvalue weighted by Gasteiger charge is 2.26. The molecule has 0 bridgehead atoms. The Morgan fingerprint density at radius 1 is 1.33 bits per heavy atom. The molecule has 2 aromatic rings. The van der Waals surface area contributed by atoms with Crippen molar-refractivity contribution in [2.24, 2.45) is 5.92 Å². The average Bonchev–Trinajstić information content (AvgIpc) is 3.15. The lowest BCUT2D eigenvalue weighted by atomic mass is 10.2. The zero-order valence-electron chi connectivity index (χ0n) is 11.6. The van der Waals surface area contributed by atoms with Gasteiger partial charge in [0.05, 0.1) is 13.1 Å². The maximum Gasteiger partial charge on any atom is 0.317 e. The molecule has 21 heavy (non-hydrogen) atoms. The lowest BCUT2D eigenvalue weighted by Crippen LogP contribution is -2.31. The first kappa shape index (κ1) is 13.8. The molecule has 6 heteroatoms. The van der Waals surface area contributed by atoms with Crippen molar-refractivity contribution in [3.05, 3.63) is 36.2 Å². The fraction of sp³-hybridized carbons (Fsp3) is 0.400. The van der Waals surface area contributed by atoms with E-state index in [9.17, 15) is 4.79 Å². The van der Waals surface area contributed by atoms with E-state index in [0.717, 1.165) is 12.1 Å². The molecule has 0 atom stereocenters. The minimum absolute atomic E-state index is 0.000446. The molecule has 0 unspecified atom stereocenters. The molecule has 0 amide bonds. The number of carbonyl (C=O) groups is 1. The van der Waals surface area contributed by atoms with Crippen LogP contribution >= 0.6 is 0 Å². The Hall–Kier alpha value is -2.21. The van der Waals surface area contributed by atoms with Gasteiger partial charge in [-0.1, -0.05) is 35.5 Å². The van der Waals surface area contributed by atoms with Crippen LogP contribution in [0.5, 0.6) is 0 Å². The fourth-order valence-electron chi connectivity index (χ4n) is 2.26. The summed E-state index contributed by atoms with van der Waals surface area (Å²) < 4.78 is 5.24. The molecule has 0 aliphatic heterocycles. The van der Waals surface area contributed by atoms with E-state index in [1.807, 2.05) is 35.2 Å². The summed E-state index contributed by atoms with van der Waals surface area (Å²) in [5, 5.41) is 12.9. The van der Waals surface area contributed by atoms with E-state index >= 15 is 0 Å². The van der Waals surface area contributed by atoms with Crippen LogP contribution in [0, 0.1) is 5.92 Å². The molecule has 1 aliphatic carbocycles. The van der Waals surface area contributed by atoms with Gasteiger partial charge in [-0.25, -0.2) is 0 Å². The van der Waals surface area contributed by atoms with Gasteiger partial charge in [0.2, 0.25) is 11.7 Å². The van der Waals surface area contributed by atoms with Gasteiger partial charge >= 0.3 is 5.97 Å². The van der Waals surface area contributed by atoms with Gasteiger partial charge in [0.15, 0.2) is 0 Å². The van der Waals surface area contributed by atoms with Crippen LogP contribution in [0.15, 0.2) is 34.9 Å². The number of carboxylic acids is 1. The Kier molecular flexibility index (Phi) is 3.96. The van der Waals surface area contributed by atoms with Gasteiger partial charge in [-0.3, -0.25) is 9.69 Å². The van der Waals surface area contributed by atoms with Gasteiger partial charge in [0.1, 0.15) is 0 Å². The summed E-state index contributed by atoms with van der Waals surface area (Å²) in [5.41, 5.74) is 0.888. The van der Waals surface area contributed by atoms with Gasteiger partial charge in [0, 0.05) is 12.1 Å². The summed E-state index contributed by atoms with van der Waals surface area (Å²) in [5.74, 6) is 0.766. The van der Waals surface area contributed by atoms with Gasteiger partial charge in [-0.15, -0.1) is 0 Å². The summed E-state index contributed by atoms with van der Waals surface area (Å²) in [7, 11) is 0. The quantitative estimate of drug-likeness (QED) is 0.839. The molecule has 1 saturated carbocycles. The highest BCUT2D eigenvalue weighted by molar-refractivity contribution is 5.69. The first-order valence-corrected chi connectivity index (χ1v) is 7.03. The number of rotatable bonds is 7. The smallest absolute Gasteiger partial charge is 0.317 e. The second-order valence-corrected chi connectivity index (χ2v) is 5.38. The van der Waals surface area contributed by atoms with E-state index in [1.54, 1.807) is 0 Å². The predicted molar refractivity (Wildman–Crippen MR) is 75.4 cm³/mol. The third-order valence-electron chi connectivity index (χ3n) is 3.43. The van der Waals surface area contributed by atoms with Gasteiger partial charge in [-0.2, -0.15) is 4.98 Å². The molecule has 1 heterocycles. The van der Waals surface area contributed by atoms with E-state index in [2.05, 4.69) is 10.1 Å². The molecule has 0 radical (unpaired) electrons. The molecule has 1 aromatic carbocycles. The Morgan fingerprint density at radius 2 is 2.10 bits per heavy atom. The topological polar surface area (TPSA) is 79.5 Å². The molecule has 1 N–H and O–H groups in total.